The lowest BCUT2D eigenvalue weighted by molar-refractivity contribution is -0.138. The number of carboxylic acids is 1. The molecule has 5 nitrogen and oxygen atoms in total. The lowest BCUT2D eigenvalue weighted by Gasteiger charge is -2.23. The number of nitrogens with zero attached hydrogens (tertiary/aromatic N) is 1. The van der Waals surface area contributed by atoms with E-state index >= 15 is 0 Å². The molecule has 0 spiro atoms. The van der Waals surface area contributed by atoms with Crippen LogP contribution >= 0.6 is 0 Å². The molecule has 1 heterocycles. The Labute approximate surface area is 106 Å². The van der Waals surface area contributed by atoms with Crippen molar-refractivity contribution in [2.75, 3.05) is 25.7 Å². The van der Waals surface area contributed by atoms with Crippen molar-refractivity contribution in [2.24, 2.45) is 0 Å². The van der Waals surface area contributed by atoms with E-state index in [0.717, 1.165) is 11.3 Å². The number of aliphatic carboxylic acids is 1. The highest BCUT2D eigenvalue weighted by Gasteiger charge is 2.35. The van der Waals surface area contributed by atoms with Gasteiger partial charge in [-0.15, -0.1) is 0 Å². The van der Waals surface area contributed by atoms with Crippen LogP contribution in [0, 0.1) is 0 Å². The van der Waals surface area contributed by atoms with Crippen molar-refractivity contribution in [3.8, 4) is 11.5 Å². The van der Waals surface area contributed by atoms with E-state index in [9.17, 15) is 9.90 Å². The summed E-state index contributed by atoms with van der Waals surface area (Å²) in [6, 6.07) is 3.13. The van der Waals surface area contributed by atoms with E-state index in [2.05, 4.69) is 0 Å². The monoisotopic (exact) mass is 251 g/mol. The zero-order chi connectivity index (χ0) is 13.3. The number of carbonyl (C=O) groups is 1. The van der Waals surface area contributed by atoms with Crippen LogP contribution in [0.2, 0.25) is 0 Å². The number of benzene rings is 1. The summed E-state index contributed by atoms with van der Waals surface area (Å²) in [5.41, 5.74) is 1.83. The van der Waals surface area contributed by atoms with Gasteiger partial charge < -0.3 is 19.5 Å². The number of ether oxygens (including phenoxy) is 2. The van der Waals surface area contributed by atoms with Crippen molar-refractivity contribution in [3.63, 3.8) is 0 Å². The molecule has 1 N–H and O–H groups in total. The number of carboxylic acid groups (broad SMARTS) is 1. The van der Waals surface area contributed by atoms with Gasteiger partial charge in [0.15, 0.2) is 0 Å². The molecule has 1 aromatic rings. The van der Waals surface area contributed by atoms with E-state index in [1.165, 1.54) is 0 Å². The number of rotatable bonds is 4. The Bertz CT molecular complexity index is 472. The Morgan fingerprint density at radius 1 is 1.44 bits per heavy atom. The first-order valence-corrected chi connectivity index (χ1v) is 5.86. The van der Waals surface area contributed by atoms with Gasteiger partial charge in [-0.25, -0.2) is 4.79 Å². The molecule has 1 unspecified atom stereocenters. The Balaban J connectivity index is 2.52. The van der Waals surface area contributed by atoms with Gasteiger partial charge in [0.2, 0.25) is 0 Å². The van der Waals surface area contributed by atoms with E-state index in [1.807, 2.05) is 17.9 Å². The molecule has 5 heteroatoms. The second-order valence-corrected chi connectivity index (χ2v) is 4.17. The minimum atomic E-state index is -0.811. The highest BCUT2D eigenvalue weighted by molar-refractivity contribution is 5.84. The van der Waals surface area contributed by atoms with Crippen LogP contribution in [-0.2, 0) is 11.2 Å². The minimum Gasteiger partial charge on any atom is -0.497 e. The number of hydrogen-bond acceptors (Lipinski definition) is 4. The van der Waals surface area contributed by atoms with E-state index in [1.54, 1.807) is 20.3 Å². The lowest BCUT2D eigenvalue weighted by Crippen LogP contribution is -2.38. The molecule has 18 heavy (non-hydrogen) atoms. The van der Waals surface area contributed by atoms with Crippen molar-refractivity contribution in [1.29, 1.82) is 0 Å². The molecule has 0 aromatic heterocycles. The van der Waals surface area contributed by atoms with E-state index < -0.39 is 12.0 Å². The molecule has 1 aliphatic heterocycles. The third-order valence-corrected chi connectivity index (χ3v) is 3.32. The second-order valence-electron chi connectivity index (χ2n) is 4.17. The summed E-state index contributed by atoms with van der Waals surface area (Å²) >= 11 is 0. The van der Waals surface area contributed by atoms with Gasteiger partial charge in [-0.1, -0.05) is 0 Å². The van der Waals surface area contributed by atoms with Gasteiger partial charge in [-0.2, -0.15) is 0 Å². The van der Waals surface area contributed by atoms with E-state index in [0.29, 0.717) is 24.5 Å². The van der Waals surface area contributed by atoms with Crippen molar-refractivity contribution in [1.82, 2.24) is 0 Å². The maximum absolute atomic E-state index is 11.3. The maximum Gasteiger partial charge on any atom is 0.326 e. The summed E-state index contributed by atoms with van der Waals surface area (Å²) in [6.07, 6.45) is 0.464. The van der Waals surface area contributed by atoms with Crippen molar-refractivity contribution >= 4 is 11.7 Å². The van der Waals surface area contributed by atoms with Crippen LogP contribution in [0.3, 0.4) is 0 Å². The Hall–Kier alpha value is -1.91. The highest BCUT2D eigenvalue weighted by Crippen LogP contribution is 2.41. The van der Waals surface area contributed by atoms with Crippen LogP contribution in [0.4, 0.5) is 5.69 Å². The summed E-state index contributed by atoms with van der Waals surface area (Å²) in [6.45, 7) is 2.58. The van der Waals surface area contributed by atoms with E-state index in [-0.39, 0.29) is 0 Å². The Morgan fingerprint density at radius 3 is 2.67 bits per heavy atom. The first kappa shape index (κ1) is 12.5. The third-order valence-electron chi connectivity index (χ3n) is 3.32. The molecule has 1 aliphatic rings. The van der Waals surface area contributed by atoms with Crippen molar-refractivity contribution < 1.29 is 19.4 Å². The predicted molar refractivity (Wildman–Crippen MR) is 67.7 cm³/mol. The molecule has 0 bridgehead atoms. The molecule has 0 amide bonds. The Morgan fingerprint density at radius 2 is 2.17 bits per heavy atom. The molecular weight excluding hydrogens is 234 g/mol. The molecule has 0 saturated heterocycles. The summed E-state index contributed by atoms with van der Waals surface area (Å²) in [4.78, 5) is 13.1. The standard InChI is InChI=1S/C13H17NO4/c1-4-14-10-5-8(17-2)6-12(18-3)9(10)7-11(14)13(15)16/h5-6,11H,4,7H2,1-3H3,(H,15,16). The van der Waals surface area contributed by atoms with Crippen molar-refractivity contribution in [3.05, 3.63) is 17.7 Å². The Kier molecular flexibility index (Phi) is 3.32. The quantitative estimate of drug-likeness (QED) is 0.879. The number of fused-ring (bicyclic) bond motifs is 1. The van der Waals surface area contributed by atoms with Gasteiger partial charge in [0.1, 0.15) is 17.5 Å². The number of hydrogen-bond donors (Lipinski definition) is 1. The van der Waals surface area contributed by atoms with Crippen LogP contribution in [0.15, 0.2) is 12.1 Å². The smallest absolute Gasteiger partial charge is 0.326 e. The molecule has 2 rings (SSSR count). The molecule has 98 valence electrons. The van der Waals surface area contributed by atoms with Crippen LogP contribution < -0.4 is 14.4 Å². The largest absolute Gasteiger partial charge is 0.497 e. The lowest BCUT2D eigenvalue weighted by atomic mass is 10.1. The normalized spacial score (nSPS) is 17.5. The van der Waals surface area contributed by atoms with E-state index in [4.69, 9.17) is 9.47 Å². The zero-order valence-corrected chi connectivity index (χ0v) is 10.8. The first-order chi connectivity index (χ1) is 8.62. The predicted octanol–water partition coefficient (Wildman–Crippen LogP) is 1.54. The summed E-state index contributed by atoms with van der Waals surface area (Å²) in [5, 5.41) is 9.26. The van der Waals surface area contributed by atoms with Crippen LogP contribution in [-0.4, -0.2) is 37.9 Å². The van der Waals surface area contributed by atoms with Crippen molar-refractivity contribution in [2.45, 2.75) is 19.4 Å². The summed E-state index contributed by atoms with van der Waals surface area (Å²) in [5.74, 6) is 0.552. The van der Waals surface area contributed by atoms with Gasteiger partial charge in [0, 0.05) is 36.3 Å². The summed E-state index contributed by atoms with van der Waals surface area (Å²) < 4.78 is 10.5. The minimum absolute atomic E-state index is 0.464. The zero-order valence-electron chi connectivity index (χ0n) is 10.8. The number of likely N-dealkylation sites (N-methyl/N-ethyl adjacent to an activating group) is 1. The molecular formula is C13H17NO4. The van der Waals surface area contributed by atoms with Gasteiger partial charge in [0.05, 0.1) is 14.2 Å². The highest BCUT2D eigenvalue weighted by atomic mass is 16.5. The first-order valence-electron chi connectivity index (χ1n) is 5.86. The van der Waals surface area contributed by atoms with Gasteiger partial charge in [-0.05, 0) is 6.92 Å². The van der Waals surface area contributed by atoms with Gasteiger partial charge in [0.25, 0.3) is 0 Å². The average molecular weight is 251 g/mol. The summed E-state index contributed by atoms with van der Waals surface area (Å²) in [7, 11) is 3.17. The molecule has 0 saturated carbocycles. The fourth-order valence-corrected chi connectivity index (χ4v) is 2.45. The molecule has 0 radical (unpaired) electrons. The van der Waals surface area contributed by atoms with Crippen LogP contribution in [0.1, 0.15) is 12.5 Å². The SMILES string of the molecule is CCN1c2cc(OC)cc(OC)c2CC1C(=O)O. The fraction of sp³-hybridized carbons (Fsp3) is 0.462. The maximum atomic E-state index is 11.3. The number of anilines is 1. The fourth-order valence-electron chi connectivity index (χ4n) is 2.45. The van der Waals surface area contributed by atoms with Gasteiger partial charge in [-0.3, -0.25) is 0 Å². The average Bonchev–Trinajstić information content (AvgIpc) is 2.75. The van der Waals surface area contributed by atoms with Gasteiger partial charge >= 0.3 is 5.97 Å². The molecule has 1 atom stereocenters. The third kappa shape index (κ3) is 1.85. The molecule has 1 aromatic carbocycles. The van der Waals surface area contributed by atoms with Crippen LogP contribution in [0.5, 0.6) is 11.5 Å². The topological polar surface area (TPSA) is 59.0 Å². The molecule has 0 aliphatic carbocycles. The van der Waals surface area contributed by atoms with Crippen LogP contribution in [0.25, 0.3) is 0 Å². The number of methoxy groups -OCH3 is 2. The second kappa shape index (κ2) is 4.76. The molecule has 0 fully saturated rings.